The molecule has 0 radical (unpaired) electrons. The summed E-state index contributed by atoms with van der Waals surface area (Å²) in [5.74, 6) is -0.833. The Bertz CT molecular complexity index is 1320. The molecule has 0 saturated carbocycles. The molecule has 6 nitrogen and oxygen atoms in total. The first-order valence-electron chi connectivity index (χ1n) is 37.3. The standard InChI is InChI=1S/C76H144O6/c1-4-7-10-13-16-19-22-25-28-31-33-35-36-37-38-39-41-42-45-48-51-54-57-60-63-66-69-75(78)81-72-73(71-80-74(77)68-65-62-59-56-53-50-47-44-30-27-24-21-18-15-12-9-6-3)82-76(79)70-67-64-61-58-55-52-49-46-43-40-34-32-29-26-23-20-17-14-11-8-5-2/h23,26,32,34,73H,4-22,24-25,27-31,33,35-72H2,1-3H3/b26-23-,34-32-. The van der Waals surface area contributed by atoms with Crippen LogP contribution >= 0.6 is 0 Å². The third kappa shape index (κ3) is 68.7. The number of ether oxygens (including phenoxy) is 3. The van der Waals surface area contributed by atoms with Crippen molar-refractivity contribution in [1.29, 1.82) is 0 Å². The Kier molecular flexibility index (Phi) is 69.5. The molecule has 0 aromatic heterocycles. The zero-order chi connectivity index (χ0) is 59.2. The second kappa shape index (κ2) is 71.4. The van der Waals surface area contributed by atoms with Gasteiger partial charge in [0.15, 0.2) is 6.10 Å². The van der Waals surface area contributed by atoms with Gasteiger partial charge in [0.1, 0.15) is 13.2 Å². The number of carbonyl (C=O) groups is 3. The molecular weight excluding hydrogens is 1010 g/mol. The lowest BCUT2D eigenvalue weighted by Crippen LogP contribution is -2.30. The smallest absolute Gasteiger partial charge is 0.306 e. The zero-order valence-electron chi connectivity index (χ0n) is 55.8. The molecule has 0 heterocycles. The Morgan fingerprint density at radius 2 is 0.439 bits per heavy atom. The second-order valence-electron chi connectivity index (χ2n) is 25.6. The van der Waals surface area contributed by atoms with E-state index in [2.05, 4.69) is 45.1 Å². The lowest BCUT2D eigenvalue weighted by molar-refractivity contribution is -0.167. The number of esters is 3. The number of hydrogen-bond donors (Lipinski definition) is 0. The monoisotopic (exact) mass is 1150 g/mol. The van der Waals surface area contributed by atoms with Crippen LogP contribution in [0.1, 0.15) is 425 Å². The maximum absolute atomic E-state index is 13.0. The average Bonchev–Trinajstić information content (AvgIpc) is 3.47. The van der Waals surface area contributed by atoms with Crippen LogP contribution in [0, 0.1) is 0 Å². The lowest BCUT2D eigenvalue weighted by Gasteiger charge is -2.18. The molecular formula is C76H144O6. The molecule has 6 heteroatoms. The minimum atomic E-state index is -0.771. The molecule has 0 spiro atoms. The summed E-state index contributed by atoms with van der Waals surface area (Å²) in [5, 5.41) is 0. The maximum atomic E-state index is 13.0. The summed E-state index contributed by atoms with van der Waals surface area (Å²) in [6.45, 7) is 6.72. The quantitative estimate of drug-likeness (QED) is 0.0261. The van der Waals surface area contributed by atoms with E-state index in [4.69, 9.17) is 14.2 Å². The van der Waals surface area contributed by atoms with E-state index < -0.39 is 6.10 Å². The van der Waals surface area contributed by atoms with Crippen LogP contribution in [0.4, 0.5) is 0 Å². The van der Waals surface area contributed by atoms with Crippen molar-refractivity contribution in [2.24, 2.45) is 0 Å². The van der Waals surface area contributed by atoms with Gasteiger partial charge in [0.2, 0.25) is 0 Å². The average molecular weight is 1150 g/mol. The van der Waals surface area contributed by atoms with Crippen molar-refractivity contribution in [1.82, 2.24) is 0 Å². The van der Waals surface area contributed by atoms with Crippen LogP contribution in [0.2, 0.25) is 0 Å². The van der Waals surface area contributed by atoms with Crippen LogP contribution in [-0.4, -0.2) is 37.2 Å². The van der Waals surface area contributed by atoms with Crippen LogP contribution in [0.15, 0.2) is 24.3 Å². The van der Waals surface area contributed by atoms with Crippen molar-refractivity contribution in [3.63, 3.8) is 0 Å². The number of rotatable bonds is 70. The van der Waals surface area contributed by atoms with E-state index in [9.17, 15) is 14.4 Å². The molecule has 1 unspecified atom stereocenters. The van der Waals surface area contributed by atoms with E-state index in [1.165, 1.54) is 321 Å². The van der Waals surface area contributed by atoms with Crippen LogP contribution in [0.25, 0.3) is 0 Å². The fourth-order valence-electron chi connectivity index (χ4n) is 11.6. The van der Waals surface area contributed by atoms with Crippen molar-refractivity contribution in [3.8, 4) is 0 Å². The van der Waals surface area contributed by atoms with Crippen molar-refractivity contribution >= 4 is 17.9 Å². The Balaban J connectivity index is 4.26. The Labute approximate surface area is 513 Å². The minimum absolute atomic E-state index is 0.0661. The lowest BCUT2D eigenvalue weighted by atomic mass is 10.0. The van der Waals surface area contributed by atoms with E-state index >= 15 is 0 Å². The van der Waals surface area contributed by atoms with Crippen LogP contribution in [0.5, 0.6) is 0 Å². The van der Waals surface area contributed by atoms with Gasteiger partial charge in [0.25, 0.3) is 0 Å². The molecule has 0 aromatic rings. The Hall–Kier alpha value is -2.11. The predicted molar refractivity (Wildman–Crippen MR) is 358 cm³/mol. The highest BCUT2D eigenvalue weighted by atomic mass is 16.6. The van der Waals surface area contributed by atoms with E-state index in [-0.39, 0.29) is 31.1 Å². The molecule has 0 aliphatic heterocycles. The molecule has 0 aliphatic rings. The van der Waals surface area contributed by atoms with E-state index in [0.29, 0.717) is 19.3 Å². The normalized spacial score (nSPS) is 12.1. The molecule has 0 saturated heterocycles. The van der Waals surface area contributed by atoms with Crippen LogP contribution in [0.3, 0.4) is 0 Å². The fraction of sp³-hybridized carbons (Fsp3) is 0.908. The summed E-state index contributed by atoms with van der Waals surface area (Å²) in [5.41, 5.74) is 0. The second-order valence-corrected chi connectivity index (χ2v) is 25.6. The van der Waals surface area contributed by atoms with Gasteiger partial charge in [-0.1, -0.05) is 379 Å². The summed E-state index contributed by atoms with van der Waals surface area (Å²) in [6.07, 6.45) is 87.9. The molecule has 82 heavy (non-hydrogen) atoms. The first-order valence-corrected chi connectivity index (χ1v) is 37.3. The molecule has 0 aliphatic carbocycles. The largest absolute Gasteiger partial charge is 0.462 e. The van der Waals surface area contributed by atoms with Crippen LogP contribution in [-0.2, 0) is 28.6 Å². The van der Waals surface area contributed by atoms with Gasteiger partial charge in [0, 0.05) is 19.3 Å². The van der Waals surface area contributed by atoms with Gasteiger partial charge < -0.3 is 14.2 Å². The van der Waals surface area contributed by atoms with Gasteiger partial charge in [-0.05, 0) is 51.4 Å². The van der Waals surface area contributed by atoms with Gasteiger partial charge >= 0.3 is 17.9 Å². The highest BCUT2D eigenvalue weighted by Gasteiger charge is 2.20. The topological polar surface area (TPSA) is 78.9 Å². The SMILES string of the molecule is CCCCCCC/C=C\C/C=C\CCCCCCCCCCCC(=O)OC(COC(=O)CCCCCCCCCCCCCCCCCCC)COC(=O)CCCCCCCCCCCCCCCCCCCCCCCCCCCC. The Morgan fingerprint density at radius 1 is 0.244 bits per heavy atom. The predicted octanol–water partition coefficient (Wildman–Crippen LogP) is 25.7. The van der Waals surface area contributed by atoms with Crippen molar-refractivity contribution < 1.29 is 28.6 Å². The minimum Gasteiger partial charge on any atom is -0.462 e. The van der Waals surface area contributed by atoms with Gasteiger partial charge in [-0.15, -0.1) is 0 Å². The van der Waals surface area contributed by atoms with E-state index in [1.807, 2.05) is 0 Å². The zero-order valence-corrected chi connectivity index (χ0v) is 55.8. The Morgan fingerprint density at radius 3 is 0.671 bits per heavy atom. The molecule has 0 aromatic carbocycles. The van der Waals surface area contributed by atoms with Gasteiger partial charge in [0.05, 0.1) is 0 Å². The number of allylic oxidation sites excluding steroid dienone is 4. The third-order valence-corrected chi connectivity index (χ3v) is 17.2. The molecule has 1 atom stereocenters. The first-order chi connectivity index (χ1) is 40.5. The van der Waals surface area contributed by atoms with E-state index in [0.717, 1.165) is 64.2 Å². The summed E-state index contributed by atoms with van der Waals surface area (Å²) >= 11 is 0. The van der Waals surface area contributed by atoms with Crippen molar-refractivity contribution in [3.05, 3.63) is 24.3 Å². The summed E-state index contributed by atoms with van der Waals surface area (Å²) in [4.78, 5) is 38.5. The molecule has 0 bridgehead atoms. The van der Waals surface area contributed by atoms with Gasteiger partial charge in [-0.2, -0.15) is 0 Å². The van der Waals surface area contributed by atoms with Crippen molar-refractivity contribution in [2.75, 3.05) is 13.2 Å². The van der Waals surface area contributed by atoms with Crippen molar-refractivity contribution in [2.45, 2.75) is 431 Å². The van der Waals surface area contributed by atoms with Gasteiger partial charge in [-0.25, -0.2) is 0 Å². The van der Waals surface area contributed by atoms with E-state index in [1.54, 1.807) is 0 Å². The summed E-state index contributed by atoms with van der Waals surface area (Å²) < 4.78 is 17.0. The molecule has 0 amide bonds. The fourth-order valence-corrected chi connectivity index (χ4v) is 11.6. The first kappa shape index (κ1) is 79.9. The molecule has 0 fully saturated rings. The molecule has 0 rings (SSSR count). The highest BCUT2D eigenvalue weighted by molar-refractivity contribution is 5.71. The number of unbranched alkanes of at least 4 members (excludes halogenated alkanes) is 55. The number of hydrogen-bond acceptors (Lipinski definition) is 6. The third-order valence-electron chi connectivity index (χ3n) is 17.2. The summed E-state index contributed by atoms with van der Waals surface area (Å²) in [7, 11) is 0. The van der Waals surface area contributed by atoms with Crippen LogP contribution < -0.4 is 0 Å². The molecule has 484 valence electrons. The molecule has 0 N–H and O–H groups in total. The summed E-state index contributed by atoms with van der Waals surface area (Å²) in [6, 6.07) is 0. The number of carbonyl (C=O) groups excluding carboxylic acids is 3. The van der Waals surface area contributed by atoms with Gasteiger partial charge in [-0.3, -0.25) is 14.4 Å². The highest BCUT2D eigenvalue weighted by Crippen LogP contribution is 2.19. The maximum Gasteiger partial charge on any atom is 0.306 e.